The Morgan fingerprint density at radius 1 is 1.14 bits per heavy atom. The minimum Gasteiger partial charge on any atom is -0.478 e. The van der Waals surface area contributed by atoms with E-state index in [2.05, 4.69) is 5.32 Å². The predicted octanol–water partition coefficient (Wildman–Crippen LogP) is 3.57. The molecule has 22 heavy (non-hydrogen) atoms. The number of anilines is 1. The summed E-state index contributed by atoms with van der Waals surface area (Å²) in [6, 6.07) is 14.6. The number of nitrogens with one attached hydrogen (secondary N) is 1. The van der Waals surface area contributed by atoms with Crippen LogP contribution < -0.4 is 5.32 Å². The molecule has 114 valence electrons. The lowest BCUT2D eigenvalue weighted by molar-refractivity contribution is -0.113. The third-order valence-corrected chi connectivity index (χ3v) is 4.11. The molecule has 0 unspecified atom stereocenters. The van der Waals surface area contributed by atoms with Crippen molar-refractivity contribution in [1.82, 2.24) is 0 Å². The van der Waals surface area contributed by atoms with Crippen molar-refractivity contribution in [2.45, 2.75) is 12.7 Å². The SMILES string of the molecule is Cc1ccc(C(=O)O)cc1NC(=O)CSCc1ccccc1. The minimum absolute atomic E-state index is 0.133. The van der Waals surface area contributed by atoms with Crippen molar-refractivity contribution >= 4 is 29.3 Å². The monoisotopic (exact) mass is 315 g/mol. The molecule has 2 N–H and O–H groups in total. The van der Waals surface area contributed by atoms with Gasteiger partial charge in [0.2, 0.25) is 5.91 Å². The molecular weight excluding hydrogens is 298 g/mol. The average Bonchev–Trinajstić information content (AvgIpc) is 2.50. The van der Waals surface area contributed by atoms with E-state index in [0.29, 0.717) is 11.4 Å². The maximum atomic E-state index is 12.0. The van der Waals surface area contributed by atoms with Crippen molar-refractivity contribution in [3.8, 4) is 0 Å². The van der Waals surface area contributed by atoms with E-state index in [4.69, 9.17) is 5.11 Å². The fourth-order valence-electron chi connectivity index (χ4n) is 1.91. The molecule has 0 aliphatic heterocycles. The van der Waals surface area contributed by atoms with E-state index < -0.39 is 5.97 Å². The van der Waals surface area contributed by atoms with Gasteiger partial charge in [-0.2, -0.15) is 0 Å². The number of benzene rings is 2. The Kier molecular flexibility index (Phi) is 5.61. The molecule has 0 saturated heterocycles. The molecule has 0 saturated carbocycles. The van der Waals surface area contributed by atoms with Crippen LogP contribution in [0, 0.1) is 6.92 Å². The van der Waals surface area contributed by atoms with Crippen LogP contribution in [0.25, 0.3) is 0 Å². The van der Waals surface area contributed by atoms with Gasteiger partial charge < -0.3 is 10.4 Å². The largest absolute Gasteiger partial charge is 0.478 e. The number of amides is 1. The fraction of sp³-hybridized carbons (Fsp3) is 0.176. The topological polar surface area (TPSA) is 66.4 Å². The lowest BCUT2D eigenvalue weighted by Gasteiger charge is -2.09. The van der Waals surface area contributed by atoms with Crippen LogP contribution in [-0.4, -0.2) is 22.7 Å². The van der Waals surface area contributed by atoms with Crippen LogP contribution in [0.2, 0.25) is 0 Å². The summed E-state index contributed by atoms with van der Waals surface area (Å²) < 4.78 is 0. The number of hydrogen-bond acceptors (Lipinski definition) is 3. The smallest absolute Gasteiger partial charge is 0.335 e. The van der Waals surface area contributed by atoms with Crippen molar-refractivity contribution in [2.75, 3.05) is 11.1 Å². The molecule has 0 radical (unpaired) electrons. The Morgan fingerprint density at radius 3 is 2.55 bits per heavy atom. The molecule has 2 aromatic rings. The molecule has 4 nitrogen and oxygen atoms in total. The van der Waals surface area contributed by atoms with Gasteiger partial charge in [0.05, 0.1) is 11.3 Å². The zero-order valence-electron chi connectivity index (χ0n) is 12.2. The first kappa shape index (κ1) is 16.1. The van der Waals surface area contributed by atoms with E-state index in [1.54, 1.807) is 6.07 Å². The van der Waals surface area contributed by atoms with Gasteiger partial charge in [-0.1, -0.05) is 36.4 Å². The maximum Gasteiger partial charge on any atom is 0.335 e. The molecule has 2 aromatic carbocycles. The highest BCUT2D eigenvalue weighted by atomic mass is 32.2. The van der Waals surface area contributed by atoms with E-state index in [1.165, 1.54) is 29.5 Å². The molecular formula is C17H17NO3S. The van der Waals surface area contributed by atoms with E-state index in [1.807, 2.05) is 37.3 Å². The summed E-state index contributed by atoms with van der Waals surface area (Å²) in [5, 5.41) is 11.8. The molecule has 0 atom stereocenters. The molecule has 0 aromatic heterocycles. The summed E-state index contributed by atoms with van der Waals surface area (Å²) >= 11 is 1.52. The van der Waals surface area contributed by atoms with Gasteiger partial charge in [0, 0.05) is 11.4 Å². The van der Waals surface area contributed by atoms with Gasteiger partial charge in [-0.15, -0.1) is 11.8 Å². The third kappa shape index (κ3) is 4.63. The Morgan fingerprint density at radius 2 is 1.86 bits per heavy atom. The first-order chi connectivity index (χ1) is 10.6. The Balaban J connectivity index is 1.89. The highest BCUT2D eigenvalue weighted by molar-refractivity contribution is 7.99. The van der Waals surface area contributed by atoms with Gasteiger partial charge in [-0.25, -0.2) is 4.79 Å². The summed E-state index contributed by atoms with van der Waals surface area (Å²) in [5.41, 5.74) is 2.72. The number of rotatable bonds is 6. The highest BCUT2D eigenvalue weighted by Gasteiger charge is 2.09. The molecule has 5 heteroatoms. The van der Waals surface area contributed by atoms with Crippen molar-refractivity contribution in [3.63, 3.8) is 0 Å². The van der Waals surface area contributed by atoms with Crippen molar-refractivity contribution < 1.29 is 14.7 Å². The standard InChI is InChI=1S/C17H17NO3S/c1-12-7-8-14(17(20)21)9-15(12)18-16(19)11-22-10-13-5-3-2-4-6-13/h2-9H,10-11H2,1H3,(H,18,19)(H,20,21). The van der Waals surface area contributed by atoms with Crippen LogP contribution in [0.1, 0.15) is 21.5 Å². The van der Waals surface area contributed by atoms with Crippen LogP contribution in [0.5, 0.6) is 0 Å². The van der Waals surface area contributed by atoms with Gasteiger partial charge in [0.1, 0.15) is 0 Å². The van der Waals surface area contributed by atoms with Gasteiger partial charge in [0.25, 0.3) is 0 Å². The summed E-state index contributed by atoms with van der Waals surface area (Å²) in [4.78, 5) is 22.9. The van der Waals surface area contributed by atoms with Crippen LogP contribution in [0.4, 0.5) is 5.69 Å². The summed E-state index contributed by atoms with van der Waals surface area (Å²) in [5.74, 6) is -0.0471. The number of hydrogen-bond donors (Lipinski definition) is 2. The van der Waals surface area contributed by atoms with Gasteiger partial charge in [-0.05, 0) is 30.2 Å². The molecule has 0 aliphatic rings. The molecule has 1 amide bonds. The summed E-state index contributed by atoms with van der Waals surface area (Å²) in [6.45, 7) is 1.83. The van der Waals surface area contributed by atoms with Crippen molar-refractivity contribution in [2.24, 2.45) is 0 Å². The highest BCUT2D eigenvalue weighted by Crippen LogP contribution is 2.18. The quantitative estimate of drug-likeness (QED) is 0.855. The Bertz CT molecular complexity index is 671. The maximum absolute atomic E-state index is 12.0. The molecule has 2 rings (SSSR count). The summed E-state index contributed by atoms with van der Waals surface area (Å²) in [7, 11) is 0. The van der Waals surface area contributed by atoms with E-state index in [0.717, 1.165) is 11.3 Å². The summed E-state index contributed by atoms with van der Waals surface area (Å²) in [6.07, 6.45) is 0. The number of aryl methyl sites for hydroxylation is 1. The number of aromatic carboxylic acids is 1. The van der Waals surface area contributed by atoms with Crippen molar-refractivity contribution in [3.05, 3.63) is 65.2 Å². The lowest BCUT2D eigenvalue weighted by Crippen LogP contribution is -2.15. The van der Waals surface area contributed by atoms with Crippen LogP contribution in [0.3, 0.4) is 0 Å². The number of carboxylic acids is 1. The fourth-order valence-corrected chi connectivity index (χ4v) is 2.70. The van der Waals surface area contributed by atoms with E-state index in [9.17, 15) is 9.59 Å². The van der Waals surface area contributed by atoms with Crippen molar-refractivity contribution in [1.29, 1.82) is 0 Å². The molecule has 0 aliphatic carbocycles. The zero-order valence-corrected chi connectivity index (χ0v) is 13.0. The van der Waals surface area contributed by atoms with Crippen LogP contribution in [-0.2, 0) is 10.5 Å². The Labute approximate surface area is 133 Å². The number of carbonyl (C=O) groups excluding carboxylic acids is 1. The lowest BCUT2D eigenvalue weighted by atomic mass is 10.1. The van der Waals surface area contributed by atoms with E-state index in [-0.39, 0.29) is 11.5 Å². The second kappa shape index (κ2) is 7.66. The van der Waals surface area contributed by atoms with Gasteiger partial charge >= 0.3 is 5.97 Å². The normalized spacial score (nSPS) is 10.2. The average molecular weight is 315 g/mol. The molecule has 0 heterocycles. The minimum atomic E-state index is -1.01. The van der Waals surface area contributed by atoms with Gasteiger partial charge in [0.15, 0.2) is 0 Å². The van der Waals surface area contributed by atoms with E-state index >= 15 is 0 Å². The third-order valence-electron chi connectivity index (χ3n) is 3.10. The Hall–Kier alpha value is -2.27. The first-order valence-electron chi connectivity index (χ1n) is 6.82. The number of carboxylic acid groups (broad SMARTS) is 1. The zero-order chi connectivity index (χ0) is 15.9. The van der Waals surface area contributed by atoms with Crippen LogP contribution in [0.15, 0.2) is 48.5 Å². The first-order valence-corrected chi connectivity index (χ1v) is 7.97. The predicted molar refractivity (Wildman–Crippen MR) is 89.4 cm³/mol. The molecule has 0 bridgehead atoms. The van der Waals surface area contributed by atoms with Crippen LogP contribution >= 0.6 is 11.8 Å². The second-order valence-electron chi connectivity index (χ2n) is 4.86. The number of thioether (sulfide) groups is 1. The molecule has 0 spiro atoms. The molecule has 0 fully saturated rings. The van der Waals surface area contributed by atoms with Gasteiger partial charge in [-0.3, -0.25) is 4.79 Å². The second-order valence-corrected chi connectivity index (χ2v) is 5.85. The number of carbonyl (C=O) groups is 2.